The summed E-state index contributed by atoms with van der Waals surface area (Å²) in [5.41, 5.74) is 1.75. The van der Waals surface area contributed by atoms with Gasteiger partial charge in [0.2, 0.25) is 0 Å². The van der Waals surface area contributed by atoms with E-state index >= 15 is 0 Å². The second kappa shape index (κ2) is 2.55. The summed E-state index contributed by atoms with van der Waals surface area (Å²) in [4.78, 5) is 4.16. The zero-order chi connectivity index (χ0) is 8.55. The summed E-state index contributed by atoms with van der Waals surface area (Å²) in [5.74, 6) is -0.201. The minimum Gasteiger partial charge on any atom is -0.256 e. The highest BCUT2D eigenvalue weighted by Gasteiger charge is 1.99. The molecule has 1 nitrogen and oxygen atoms in total. The van der Waals surface area contributed by atoms with Gasteiger partial charge < -0.3 is 0 Å². The van der Waals surface area contributed by atoms with E-state index in [2.05, 4.69) is 4.98 Å². The molecule has 0 unspecified atom stereocenters. The van der Waals surface area contributed by atoms with Crippen LogP contribution in [0.4, 0.5) is 4.39 Å². The molecule has 0 N–H and O–H groups in total. The van der Waals surface area contributed by atoms with E-state index < -0.39 is 0 Å². The number of aromatic nitrogens is 1. The van der Waals surface area contributed by atoms with Gasteiger partial charge in [-0.1, -0.05) is 6.07 Å². The molecule has 0 aliphatic heterocycles. The summed E-state index contributed by atoms with van der Waals surface area (Å²) in [6.45, 7) is 1.86. The summed E-state index contributed by atoms with van der Waals surface area (Å²) >= 11 is 0. The van der Waals surface area contributed by atoms with Crippen molar-refractivity contribution in [2.75, 3.05) is 0 Å². The van der Waals surface area contributed by atoms with Gasteiger partial charge in [-0.3, -0.25) is 4.98 Å². The minimum atomic E-state index is -0.201. The second-order valence-corrected chi connectivity index (χ2v) is 2.80. The Hall–Kier alpha value is -1.44. The molecule has 60 valence electrons. The molecule has 2 aromatic rings. The van der Waals surface area contributed by atoms with Crippen LogP contribution in [0.5, 0.6) is 0 Å². The highest BCUT2D eigenvalue weighted by Crippen LogP contribution is 2.16. The third-order valence-corrected chi connectivity index (χ3v) is 1.86. The predicted molar refractivity (Wildman–Crippen MR) is 46.4 cm³/mol. The van der Waals surface area contributed by atoms with E-state index in [1.807, 2.05) is 13.0 Å². The molecule has 0 amide bonds. The van der Waals surface area contributed by atoms with Crippen molar-refractivity contribution in [1.82, 2.24) is 4.98 Å². The quantitative estimate of drug-likeness (QED) is 0.578. The summed E-state index contributed by atoms with van der Waals surface area (Å²) in [6.07, 6.45) is 1.72. The van der Waals surface area contributed by atoms with E-state index in [0.29, 0.717) is 0 Å². The van der Waals surface area contributed by atoms with Gasteiger partial charge in [-0.15, -0.1) is 0 Å². The van der Waals surface area contributed by atoms with Crippen LogP contribution in [0.2, 0.25) is 0 Å². The second-order valence-electron chi connectivity index (χ2n) is 2.80. The van der Waals surface area contributed by atoms with E-state index in [9.17, 15) is 4.39 Å². The molecule has 1 heterocycles. The van der Waals surface area contributed by atoms with Gasteiger partial charge in [0, 0.05) is 11.6 Å². The molecular formula is C10H8FN. The highest BCUT2D eigenvalue weighted by atomic mass is 19.1. The van der Waals surface area contributed by atoms with Crippen LogP contribution in [0.15, 0.2) is 30.5 Å². The molecular weight excluding hydrogens is 153 g/mol. The van der Waals surface area contributed by atoms with E-state index in [1.54, 1.807) is 12.3 Å². The number of aryl methyl sites for hydroxylation is 1. The lowest BCUT2D eigenvalue weighted by Crippen LogP contribution is -1.84. The molecule has 0 aliphatic carbocycles. The maximum absolute atomic E-state index is 12.9. The van der Waals surface area contributed by atoms with E-state index in [4.69, 9.17) is 0 Å². The van der Waals surface area contributed by atoms with Crippen LogP contribution in [0.3, 0.4) is 0 Å². The summed E-state index contributed by atoms with van der Waals surface area (Å²) in [5, 5.41) is 0.856. The highest BCUT2D eigenvalue weighted by molar-refractivity contribution is 5.81. The van der Waals surface area contributed by atoms with E-state index in [1.165, 1.54) is 12.1 Å². The van der Waals surface area contributed by atoms with Crippen LogP contribution >= 0.6 is 0 Å². The first-order valence-corrected chi connectivity index (χ1v) is 3.78. The summed E-state index contributed by atoms with van der Waals surface area (Å²) in [7, 11) is 0. The number of hydrogen-bond donors (Lipinski definition) is 0. The molecule has 0 spiro atoms. The standard InChI is InChI=1S/C10H8FN/c1-7-5-9(11)6-8-3-2-4-12-10(7)8/h2-6H,1H3. The smallest absolute Gasteiger partial charge is 0.124 e. The van der Waals surface area contributed by atoms with Crippen LogP contribution in [0, 0.1) is 12.7 Å². The first kappa shape index (κ1) is 7.22. The molecule has 0 saturated heterocycles. The van der Waals surface area contributed by atoms with Crippen molar-refractivity contribution >= 4 is 10.9 Å². The molecule has 0 aliphatic rings. The number of rotatable bonds is 0. The molecule has 0 bridgehead atoms. The van der Waals surface area contributed by atoms with Crippen LogP contribution in [-0.4, -0.2) is 4.98 Å². The van der Waals surface area contributed by atoms with Crippen LogP contribution in [0.1, 0.15) is 5.56 Å². The number of fused-ring (bicyclic) bond motifs is 1. The first-order chi connectivity index (χ1) is 5.77. The van der Waals surface area contributed by atoms with Crippen molar-refractivity contribution in [2.24, 2.45) is 0 Å². The molecule has 2 rings (SSSR count). The van der Waals surface area contributed by atoms with Gasteiger partial charge in [-0.25, -0.2) is 4.39 Å². The zero-order valence-corrected chi connectivity index (χ0v) is 6.71. The van der Waals surface area contributed by atoms with Gasteiger partial charge in [0.25, 0.3) is 0 Å². The SMILES string of the molecule is Cc1cc(F)cc2cccnc12. The third kappa shape index (κ3) is 1.05. The topological polar surface area (TPSA) is 12.9 Å². The fourth-order valence-corrected chi connectivity index (χ4v) is 1.33. The largest absolute Gasteiger partial charge is 0.256 e. The van der Waals surface area contributed by atoms with E-state index in [0.717, 1.165) is 16.5 Å². The first-order valence-electron chi connectivity index (χ1n) is 3.78. The molecule has 2 heteroatoms. The normalized spacial score (nSPS) is 10.5. The zero-order valence-electron chi connectivity index (χ0n) is 6.71. The van der Waals surface area contributed by atoms with Crippen LogP contribution < -0.4 is 0 Å². The van der Waals surface area contributed by atoms with Crippen LogP contribution in [0.25, 0.3) is 10.9 Å². The number of benzene rings is 1. The Labute approximate surface area is 69.9 Å². The van der Waals surface area contributed by atoms with E-state index in [-0.39, 0.29) is 5.82 Å². The molecule has 1 aromatic carbocycles. The number of nitrogens with zero attached hydrogens (tertiary/aromatic N) is 1. The average Bonchev–Trinajstić information content (AvgIpc) is 2.04. The van der Waals surface area contributed by atoms with Crippen molar-refractivity contribution in [3.63, 3.8) is 0 Å². The maximum atomic E-state index is 12.9. The van der Waals surface area contributed by atoms with Crippen LogP contribution in [-0.2, 0) is 0 Å². The van der Waals surface area contributed by atoms with Gasteiger partial charge in [-0.05, 0) is 30.7 Å². The summed E-state index contributed by atoms with van der Waals surface area (Å²) in [6, 6.07) is 6.66. The maximum Gasteiger partial charge on any atom is 0.124 e. The van der Waals surface area contributed by atoms with Crippen molar-refractivity contribution in [1.29, 1.82) is 0 Å². The number of pyridine rings is 1. The van der Waals surface area contributed by atoms with Gasteiger partial charge in [0.1, 0.15) is 5.82 Å². The minimum absolute atomic E-state index is 0.201. The van der Waals surface area contributed by atoms with Crippen molar-refractivity contribution in [3.05, 3.63) is 41.8 Å². The molecule has 0 atom stereocenters. The summed E-state index contributed by atoms with van der Waals surface area (Å²) < 4.78 is 12.9. The Balaban J connectivity index is 2.89. The predicted octanol–water partition coefficient (Wildman–Crippen LogP) is 2.68. The Morgan fingerprint density at radius 3 is 3.00 bits per heavy atom. The van der Waals surface area contributed by atoms with Gasteiger partial charge >= 0.3 is 0 Å². The molecule has 0 fully saturated rings. The fraction of sp³-hybridized carbons (Fsp3) is 0.100. The Bertz CT molecular complexity index is 423. The van der Waals surface area contributed by atoms with Crippen molar-refractivity contribution in [2.45, 2.75) is 6.92 Å². The monoisotopic (exact) mass is 161 g/mol. The van der Waals surface area contributed by atoms with Gasteiger partial charge in [0.15, 0.2) is 0 Å². The van der Waals surface area contributed by atoms with Gasteiger partial charge in [-0.2, -0.15) is 0 Å². The average molecular weight is 161 g/mol. The fourth-order valence-electron chi connectivity index (χ4n) is 1.33. The number of halogens is 1. The van der Waals surface area contributed by atoms with Gasteiger partial charge in [0.05, 0.1) is 5.52 Å². The Morgan fingerprint density at radius 2 is 2.17 bits per heavy atom. The lowest BCUT2D eigenvalue weighted by atomic mass is 10.1. The molecule has 0 radical (unpaired) electrons. The van der Waals surface area contributed by atoms with Crippen molar-refractivity contribution in [3.8, 4) is 0 Å². The molecule has 0 saturated carbocycles. The third-order valence-electron chi connectivity index (χ3n) is 1.86. The lowest BCUT2D eigenvalue weighted by Gasteiger charge is -1.99. The number of hydrogen-bond acceptors (Lipinski definition) is 1. The Morgan fingerprint density at radius 1 is 1.33 bits per heavy atom. The lowest BCUT2D eigenvalue weighted by molar-refractivity contribution is 0.628. The molecule has 12 heavy (non-hydrogen) atoms. The van der Waals surface area contributed by atoms with Crippen molar-refractivity contribution < 1.29 is 4.39 Å². The Kier molecular flexibility index (Phi) is 1.54. The molecule has 1 aromatic heterocycles.